The monoisotopic (exact) mass is 390 g/mol. The van der Waals surface area contributed by atoms with Crippen molar-refractivity contribution in [1.29, 1.82) is 0 Å². The molecule has 0 unspecified atom stereocenters. The van der Waals surface area contributed by atoms with E-state index in [1.54, 1.807) is 0 Å². The van der Waals surface area contributed by atoms with E-state index >= 15 is 0 Å². The maximum absolute atomic E-state index is 5.81. The fraction of sp³-hybridized carbons (Fsp3) is 0.682. The maximum Gasteiger partial charge on any atom is 0.190 e. The lowest BCUT2D eigenvalue weighted by Crippen LogP contribution is -2.39. The lowest BCUT2D eigenvalue weighted by molar-refractivity contribution is 0.0203. The largest absolute Gasteiger partial charge is 0.381 e. The van der Waals surface area contributed by atoms with Gasteiger partial charge in [0.25, 0.3) is 0 Å². The number of hydrogen-bond acceptors (Lipinski definition) is 4. The van der Waals surface area contributed by atoms with E-state index in [-0.39, 0.29) is 0 Å². The van der Waals surface area contributed by atoms with Gasteiger partial charge in [0.05, 0.1) is 0 Å². The first-order chi connectivity index (χ1) is 13.8. The van der Waals surface area contributed by atoms with E-state index in [4.69, 9.17) is 9.47 Å². The van der Waals surface area contributed by atoms with Crippen molar-refractivity contribution < 1.29 is 9.47 Å². The summed E-state index contributed by atoms with van der Waals surface area (Å²) in [4.78, 5) is 6.70. The molecule has 0 saturated carbocycles. The molecule has 0 amide bonds. The molecule has 2 N–H and O–H groups in total. The van der Waals surface area contributed by atoms with E-state index in [9.17, 15) is 0 Å². The van der Waals surface area contributed by atoms with Crippen LogP contribution in [-0.4, -0.2) is 65.6 Å². The summed E-state index contributed by atoms with van der Waals surface area (Å²) < 4.78 is 11.2. The molecule has 2 rings (SSSR count). The Balaban J connectivity index is 1.50. The fourth-order valence-electron chi connectivity index (χ4n) is 3.35. The highest BCUT2D eigenvalue weighted by molar-refractivity contribution is 5.79. The molecule has 1 aromatic carbocycles. The number of para-hydroxylation sites is 1. The van der Waals surface area contributed by atoms with E-state index in [0.29, 0.717) is 5.92 Å². The molecule has 1 aliphatic rings. The predicted molar refractivity (Wildman–Crippen MR) is 117 cm³/mol. The third kappa shape index (κ3) is 8.93. The van der Waals surface area contributed by atoms with Gasteiger partial charge < -0.3 is 25.0 Å². The highest BCUT2D eigenvalue weighted by Gasteiger charge is 2.13. The van der Waals surface area contributed by atoms with Crippen molar-refractivity contribution in [3.05, 3.63) is 30.3 Å². The van der Waals surface area contributed by atoms with Crippen molar-refractivity contribution in [3.63, 3.8) is 0 Å². The van der Waals surface area contributed by atoms with Crippen LogP contribution in [-0.2, 0) is 9.47 Å². The van der Waals surface area contributed by atoms with Gasteiger partial charge in [-0.3, -0.25) is 4.99 Å². The summed E-state index contributed by atoms with van der Waals surface area (Å²) >= 11 is 0. The lowest BCUT2D eigenvalue weighted by atomic mass is 10.0. The van der Waals surface area contributed by atoms with Crippen molar-refractivity contribution in [1.82, 2.24) is 10.6 Å². The van der Waals surface area contributed by atoms with Gasteiger partial charge in [0.15, 0.2) is 5.96 Å². The lowest BCUT2D eigenvalue weighted by Gasteiger charge is -2.23. The molecule has 0 spiro atoms. The van der Waals surface area contributed by atoms with Crippen LogP contribution in [0.5, 0.6) is 0 Å². The van der Waals surface area contributed by atoms with Crippen LogP contribution in [0.25, 0.3) is 0 Å². The Morgan fingerprint density at radius 1 is 1.14 bits per heavy atom. The summed E-state index contributed by atoms with van der Waals surface area (Å²) in [6, 6.07) is 10.6. The standard InChI is InChI=1S/C22H38N4O2/c1-3-26(21-9-5-4-6-10-21)15-7-13-24-22(23-2)25-14-8-16-28-19-20-11-17-27-18-12-20/h4-6,9-10,20H,3,7-8,11-19H2,1-2H3,(H2,23,24,25). The molecule has 1 aromatic rings. The number of anilines is 1. The smallest absolute Gasteiger partial charge is 0.190 e. The maximum atomic E-state index is 5.81. The first-order valence-corrected chi connectivity index (χ1v) is 10.7. The molecule has 0 atom stereocenters. The molecule has 6 nitrogen and oxygen atoms in total. The second kappa shape index (κ2) is 14.2. The van der Waals surface area contributed by atoms with Gasteiger partial charge in [0.1, 0.15) is 0 Å². The number of ether oxygens (including phenoxy) is 2. The Hall–Kier alpha value is -1.79. The van der Waals surface area contributed by atoms with Gasteiger partial charge in [0.2, 0.25) is 0 Å². The second-order valence-corrected chi connectivity index (χ2v) is 7.18. The van der Waals surface area contributed by atoms with E-state index < -0.39 is 0 Å². The summed E-state index contributed by atoms with van der Waals surface area (Å²) in [6.07, 6.45) is 4.32. The van der Waals surface area contributed by atoms with Crippen LogP contribution in [0.3, 0.4) is 0 Å². The van der Waals surface area contributed by atoms with Crippen molar-refractivity contribution in [2.45, 2.75) is 32.6 Å². The Morgan fingerprint density at radius 3 is 2.54 bits per heavy atom. The van der Waals surface area contributed by atoms with Crippen LogP contribution in [0.2, 0.25) is 0 Å². The summed E-state index contributed by atoms with van der Waals surface area (Å²) in [5, 5.41) is 6.77. The zero-order chi connectivity index (χ0) is 19.9. The van der Waals surface area contributed by atoms with E-state index in [1.807, 2.05) is 7.05 Å². The Bertz CT molecular complexity index is 533. The van der Waals surface area contributed by atoms with Crippen molar-refractivity contribution in [3.8, 4) is 0 Å². The number of rotatable bonds is 12. The van der Waals surface area contributed by atoms with Crippen LogP contribution in [0, 0.1) is 5.92 Å². The van der Waals surface area contributed by atoms with Gasteiger partial charge in [-0.25, -0.2) is 0 Å². The van der Waals surface area contributed by atoms with Crippen LogP contribution in [0.1, 0.15) is 32.6 Å². The predicted octanol–water partition coefficient (Wildman–Crippen LogP) is 2.90. The topological polar surface area (TPSA) is 58.1 Å². The quantitative estimate of drug-likeness (QED) is 0.326. The number of aliphatic imine (C=N–C) groups is 1. The first-order valence-electron chi connectivity index (χ1n) is 10.7. The molecule has 0 bridgehead atoms. The van der Waals surface area contributed by atoms with Gasteiger partial charge in [-0.15, -0.1) is 0 Å². The van der Waals surface area contributed by atoms with E-state index in [0.717, 1.165) is 84.2 Å². The van der Waals surface area contributed by atoms with E-state index in [1.165, 1.54) is 5.69 Å². The first kappa shape index (κ1) is 22.5. The summed E-state index contributed by atoms with van der Waals surface area (Å²) in [7, 11) is 1.82. The minimum Gasteiger partial charge on any atom is -0.381 e. The van der Waals surface area contributed by atoms with E-state index in [2.05, 4.69) is 57.8 Å². The second-order valence-electron chi connectivity index (χ2n) is 7.18. The van der Waals surface area contributed by atoms with Crippen LogP contribution >= 0.6 is 0 Å². The van der Waals surface area contributed by atoms with Gasteiger partial charge in [-0.2, -0.15) is 0 Å². The molecule has 1 saturated heterocycles. The molecule has 6 heteroatoms. The molecular weight excluding hydrogens is 352 g/mol. The normalized spacial score (nSPS) is 15.4. The Kier molecular flexibility index (Phi) is 11.4. The van der Waals surface area contributed by atoms with Gasteiger partial charge in [-0.1, -0.05) is 18.2 Å². The Morgan fingerprint density at radius 2 is 1.86 bits per heavy atom. The zero-order valence-corrected chi connectivity index (χ0v) is 17.7. The number of nitrogens with one attached hydrogen (secondary N) is 2. The SMILES string of the molecule is CCN(CCCNC(=NC)NCCCOCC1CCOCC1)c1ccccc1. The van der Waals surface area contributed by atoms with Crippen LogP contribution < -0.4 is 15.5 Å². The van der Waals surface area contributed by atoms with Gasteiger partial charge >= 0.3 is 0 Å². The summed E-state index contributed by atoms with van der Waals surface area (Å²) in [5.74, 6) is 1.54. The minimum atomic E-state index is 0.676. The molecule has 158 valence electrons. The number of benzene rings is 1. The third-order valence-electron chi connectivity index (χ3n) is 5.08. The number of nitrogens with zero attached hydrogens (tertiary/aromatic N) is 2. The van der Waals surface area contributed by atoms with Gasteiger partial charge in [-0.05, 0) is 50.7 Å². The summed E-state index contributed by atoms with van der Waals surface area (Å²) in [5.41, 5.74) is 1.29. The van der Waals surface area contributed by atoms with Crippen molar-refractivity contribution in [2.75, 3.05) is 64.6 Å². The van der Waals surface area contributed by atoms with Crippen LogP contribution in [0.4, 0.5) is 5.69 Å². The third-order valence-corrected chi connectivity index (χ3v) is 5.08. The zero-order valence-electron chi connectivity index (χ0n) is 17.7. The average molecular weight is 391 g/mol. The highest BCUT2D eigenvalue weighted by Crippen LogP contribution is 2.14. The van der Waals surface area contributed by atoms with Crippen molar-refractivity contribution in [2.24, 2.45) is 10.9 Å². The minimum absolute atomic E-state index is 0.676. The number of guanidine groups is 1. The molecule has 1 heterocycles. The average Bonchev–Trinajstić information content (AvgIpc) is 2.76. The Labute approximate surface area is 170 Å². The fourth-order valence-corrected chi connectivity index (χ4v) is 3.35. The molecule has 0 radical (unpaired) electrons. The highest BCUT2D eigenvalue weighted by atomic mass is 16.5. The molecule has 0 aromatic heterocycles. The van der Waals surface area contributed by atoms with Gasteiger partial charge in [0, 0.05) is 65.3 Å². The molecule has 1 fully saturated rings. The van der Waals surface area contributed by atoms with Crippen molar-refractivity contribution >= 4 is 11.6 Å². The molecular formula is C22H38N4O2. The van der Waals surface area contributed by atoms with Crippen LogP contribution in [0.15, 0.2) is 35.3 Å². The summed E-state index contributed by atoms with van der Waals surface area (Å²) in [6.45, 7) is 9.47. The molecule has 0 aliphatic carbocycles. The molecule has 1 aliphatic heterocycles. The number of hydrogen-bond donors (Lipinski definition) is 2. The molecule has 28 heavy (non-hydrogen) atoms.